The lowest BCUT2D eigenvalue weighted by Gasteiger charge is -2.33. The van der Waals surface area contributed by atoms with Gasteiger partial charge in [-0.3, -0.25) is 9.59 Å². The van der Waals surface area contributed by atoms with Gasteiger partial charge in [0.05, 0.1) is 6.42 Å². The minimum Gasteiger partial charge on any atom is -0.481 e. The molecule has 0 aliphatic heterocycles. The average Bonchev–Trinajstić information content (AvgIpc) is 2.14. The van der Waals surface area contributed by atoms with Crippen LogP contribution in [0.1, 0.15) is 27.2 Å². The Kier molecular flexibility index (Phi) is 5.98. The lowest BCUT2D eigenvalue weighted by Crippen LogP contribution is -2.45. The largest absolute Gasteiger partial charge is 0.481 e. The summed E-state index contributed by atoms with van der Waals surface area (Å²) in [6.07, 6.45) is -0.536. The van der Waals surface area contributed by atoms with Gasteiger partial charge >= 0.3 is 11.9 Å². The molecule has 0 aromatic rings. The topological polar surface area (TPSA) is 93.1 Å². The highest BCUT2D eigenvalue weighted by Crippen LogP contribution is 2.27. The number of ether oxygens (including phenoxy) is 2. The summed E-state index contributed by atoms with van der Waals surface area (Å²) in [5, 5.41) is 17.6. The molecule has 0 aliphatic rings. The third-order valence-electron chi connectivity index (χ3n) is 2.17. The van der Waals surface area contributed by atoms with E-state index in [4.69, 9.17) is 19.7 Å². The average molecular weight is 234 g/mol. The van der Waals surface area contributed by atoms with Crippen LogP contribution in [-0.4, -0.2) is 41.2 Å². The quantitative estimate of drug-likeness (QED) is 0.607. The first-order valence-corrected chi connectivity index (χ1v) is 5.09. The Balaban J connectivity index is 4.92. The highest BCUT2D eigenvalue weighted by atomic mass is 16.7. The summed E-state index contributed by atoms with van der Waals surface area (Å²) in [5.74, 6) is -5.08. The number of hydrogen-bond acceptors (Lipinski definition) is 4. The smallest absolute Gasteiger partial charge is 0.312 e. The number of rotatable bonds is 8. The number of hydrogen-bond donors (Lipinski definition) is 2. The van der Waals surface area contributed by atoms with E-state index in [2.05, 4.69) is 0 Å². The number of carbonyl (C=O) groups is 2. The van der Waals surface area contributed by atoms with E-state index in [1.54, 1.807) is 13.8 Å². The summed E-state index contributed by atoms with van der Waals surface area (Å²) < 4.78 is 10.5. The van der Waals surface area contributed by atoms with Crippen LogP contribution in [0.2, 0.25) is 0 Å². The van der Waals surface area contributed by atoms with Gasteiger partial charge in [0, 0.05) is 13.2 Å². The van der Waals surface area contributed by atoms with E-state index >= 15 is 0 Å². The molecule has 0 rings (SSSR count). The van der Waals surface area contributed by atoms with Gasteiger partial charge < -0.3 is 19.7 Å². The minimum absolute atomic E-state index is 0.250. The van der Waals surface area contributed by atoms with Crippen molar-refractivity contribution >= 4 is 11.9 Å². The van der Waals surface area contributed by atoms with E-state index in [9.17, 15) is 9.59 Å². The third kappa shape index (κ3) is 4.16. The fraction of sp³-hybridized carbons (Fsp3) is 0.800. The molecule has 0 aliphatic carbocycles. The number of carboxylic acids is 2. The summed E-state index contributed by atoms with van der Waals surface area (Å²) in [4.78, 5) is 21.6. The van der Waals surface area contributed by atoms with Crippen LogP contribution in [0.25, 0.3) is 0 Å². The van der Waals surface area contributed by atoms with Crippen molar-refractivity contribution in [1.82, 2.24) is 0 Å². The van der Waals surface area contributed by atoms with Gasteiger partial charge in [-0.2, -0.15) is 0 Å². The van der Waals surface area contributed by atoms with Crippen LogP contribution in [0.15, 0.2) is 0 Å². The molecule has 0 saturated carbocycles. The van der Waals surface area contributed by atoms with Crippen LogP contribution in [0.5, 0.6) is 0 Å². The van der Waals surface area contributed by atoms with E-state index in [1.807, 2.05) is 0 Å². The summed E-state index contributed by atoms with van der Waals surface area (Å²) in [6, 6.07) is 0. The van der Waals surface area contributed by atoms with E-state index in [0.717, 1.165) is 0 Å². The van der Waals surface area contributed by atoms with Crippen molar-refractivity contribution in [2.75, 3.05) is 13.2 Å². The van der Waals surface area contributed by atoms with Crippen LogP contribution in [0.4, 0.5) is 0 Å². The minimum atomic E-state index is -1.41. The van der Waals surface area contributed by atoms with Gasteiger partial charge in [0.15, 0.2) is 5.79 Å². The first-order chi connectivity index (χ1) is 7.37. The van der Waals surface area contributed by atoms with E-state index in [0.29, 0.717) is 0 Å². The highest BCUT2D eigenvalue weighted by molar-refractivity contribution is 5.78. The maximum atomic E-state index is 11.0. The molecule has 0 aromatic heterocycles. The van der Waals surface area contributed by atoms with Crippen molar-refractivity contribution in [2.24, 2.45) is 5.92 Å². The van der Waals surface area contributed by atoms with Crippen LogP contribution >= 0.6 is 0 Å². The molecule has 0 radical (unpaired) electrons. The van der Waals surface area contributed by atoms with E-state index in [1.165, 1.54) is 6.92 Å². The van der Waals surface area contributed by atoms with Gasteiger partial charge in [0.2, 0.25) is 0 Å². The molecule has 1 atom stereocenters. The van der Waals surface area contributed by atoms with Crippen LogP contribution in [-0.2, 0) is 19.1 Å². The van der Waals surface area contributed by atoms with E-state index in [-0.39, 0.29) is 13.2 Å². The summed E-state index contributed by atoms with van der Waals surface area (Å²) in [6.45, 7) is 5.33. The zero-order valence-corrected chi connectivity index (χ0v) is 9.73. The van der Waals surface area contributed by atoms with Gasteiger partial charge in [-0.15, -0.1) is 0 Å². The molecule has 0 bridgehead atoms. The molecule has 0 amide bonds. The normalized spacial score (nSPS) is 13.4. The lowest BCUT2D eigenvalue weighted by molar-refractivity contribution is -0.253. The molecule has 2 N–H and O–H groups in total. The Morgan fingerprint density at radius 1 is 1.19 bits per heavy atom. The molecular weight excluding hydrogens is 216 g/mol. The predicted molar refractivity (Wildman–Crippen MR) is 55.0 cm³/mol. The number of aliphatic carboxylic acids is 2. The zero-order valence-electron chi connectivity index (χ0n) is 9.73. The van der Waals surface area contributed by atoms with Gasteiger partial charge in [0.25, 0.3) is 0 Å². The standard InChI is InChI=1S/C10H18O6/c1-4-15-10(3,16-5-2)7(9(13)14)6-8(11)12/h7H,4-6H2,1-3H3,(H,11,12)(H,13,14). The molecule has 6 heteroatoms. The Bertz CT molecular complexity index is 244. The molecule has 0 heterocycles. The van der Waals surface area contributed by atoms with E-state index < -0.39 is 30.1 Å². The third-order valence-corrected chi connectivity index (χ3v) is 2.17. The second kappa shape index (κ2) is 6.44. The Labute approximate surface area is 94.2 Å². The number of carboxylic acid groups (broad SMARTS) is 2. The molecule has 16 heavy (non-hydrogen) atoms. The summed E-state index contributed by atoms with van der Waals surface area (Å²) in [5.41, 5.74) is 0. The molecular formula is C10H18O6. The molecule has 0 saturated heterocycles. The van der Waals surface area contributed by atoms with Gasteiger partial charge in [-0.05, 0) is 20.8 Å². The highest BCUT2D eigenvalue weighted by Gasteiger charge is 2.42. The molecule has 6 nitrogen and oxygen atoms in total. The Hall–Kier alpha value is -1.14. The van der Waals surface area contributed by atoms with Crippen molar-refractivity contribution in [1.29, 1.82) is 0 Å². The Morgan fingerprint density at radius 2 is 1.62 bits per heavy atom. The van der Waals surface area contributed by atoms with Crippen molar-refractivity contribution in [2.45, 2.75) is 33.0 Å². The van der Waals surface area contributed by atoms with Crippen molar-refractivity contribution in [3.63, 3.8) is 0 Å². The SMILES string of the molecule is CCOC(C)(OCC)C(CC(=O)O)C(=O)O. The molecule has 0 aromatic carbocycles. The van der Waals surface area contributed by atoms with Gasteiger partial charge in [-0.25, -0.2) is 0 Å². The maximum Gasteiger partial charge on any atom is 0.312 e. The van der Waals surface area contributed by atoms with Crippen LogP contribution < -0.4 is 0 Å². The van der Waals surface area contributed by atoms with Crippen LogP contribution in [0, 0.1) is 5.92 Å². The fourth-order valence-electron chi connectivity index (χ4n) is 1.49. The van der Waals surface area contributed by atoms with Crippen LogP contribution in [0.3, 0.4) is 0 Å². The maximum absolute atomic E-state index is 11.0. The fourth-order valence-corrected chi connectivity index (χ4v) is 1.49. The molecule has 1 unspecified atom stereocenters. The molecule has 0 spiro atoms. The first-order valence-electron chi connectivity index (χ1n) is 5.09. The van der Waals surface area contributed by atoms with Crippen molar-refractivity contribution in [3.8, 4) is 0 Å². The lowest BCUT2D eigenvalue weighted by atomic mass is 9.96. The summed E-state index contributed by atoms with van der Waals surface area (Å²) >= 11 is 0. The van der Waals surface area contributed by atoms with Gasteiger partial charge in [-0.1, -0.05) is 0 Å². The summed E-state index contributed by atoms with van der Waals surface area (Å²) in [7, 11) is 0. The Morgan fingerprint density at radius 3 is 1.88 bits per heavy atom. The molecule has 0 fully saturated rings. The van der Waals surface area contributed by atoms with Crippen molar-refractivity contribution in [3.05, 3.63) is 0 Å². The second-order valence-electron chi connectivity index (χ2n) is 3.37. The molecule has 94 valence electrons. The monoisotopic (exact) mass is 234 g/mol. The second-order valence-corrected chi connectivity index (χ2v) is 3.37. The van der Waals surface area contributed by atoms with Gasteiger partial charge in [0.1, 0.15) is 5.92 Å². The zero-order chi connectivity index (χ0) is 12.8. The first kappa shape index (κ1) is 14.9. The predicted octanol–water partition coefficient (Wildman–Crippen LogP) is 0.951. The van der Waals surface area contributed by atoms with Crippen molar-refractivity contribution < 1.29 is 29.3 Å².